The van der Waals surface area contributed by atoms with Crippen LogP contribution in [0.2, 0.25) is 0 Å². The van der Waals surface area contributed by atoms with Crippen molar-refractivity contribution < 1.29 is 4.79 Å². The minimum atomic E-state index is 0.00998. The first-order valence-electron chi connectivity index (χ1n) is 6.12. The van der Waals surface area contributed by atoms with Crippen molar-refractivity contribution >= 4 is 28.3 Å². The smallest absolute Gasteiger partial charge is 0.273 e. The molecule has 3 rings (SSSR count). The van der Waals surface area contributed by atoms with Crippen LogP contribution in [0.1, 0.15) is 23.3 Å². The third-order valence-corrected chi connectivity index (χ3v) is 3.66. The SMILES string of the molecule is O=C(c1csc(Nc2ncccn2)n1)N1CCCC1. The number of hydrogen-bond acceptors (Lipinski definition) is 6. The molecule has 7 heteroatoms. The number of amides is 1. The van der Waals surface area contributed by atoms with Crippen LogP contribution in [0.5, 0.6) is 0 Å². The molecule has 0 atom stereocenters. The molecular formula is C12H13N5OS. The lowest BCUT2D eigenvalue weighted by Gasteiger charge is -2.12. The Balaban J connectivity index is 1.71. The van der Waals surface area contributed by atoms with E-state index in [1.54, 1.807) is 23.8 Å². The molecule has 1 saturated heterocycles. The van der Waals surface area contributed by atoms with Crippen molar-refractivity contribution in [2.45, 2.75) is 12.8 Å². The van der Waals surface area contributed by atoms with Crippen molar-refractivity contribution in [3.63, 3.8) is 0 Å². The summed E-state index contributed by atoms with van der Waals surface area (Å²) in [6.45, 7) is 1.67. The minimum absolute atomic E-state index is 0.00998. The van der Waals surface area contributed by atoms with Gasteiger partial charge < -0.3 is 10.2 Å². The topological polar surface area (TPSA) is 71.0 Å². The molecule has 0 radical (unpaired) electrons. The van der Waals surface area contributed by atoms with Crippen molar-refractivity contribution in [1.82, 2.24) is 19.9 Å². The highest BCUT2D eigenvalue weighted by molar-refractivity contribution is 7.14. The van der Waals surface area contributed by atoms with E-state index in [2.05, 4.69) is 20.3 Å². The zero-order chi connectivity index (χ0) is 13.1. The summed E-state index contributed by atoms with van der Waals surface area (Å²) in [7, 11) is 0. The molecule has 0 saturated carbocycles. The van der Waals surface area contributed by atoms with E-state index in [9.17, 15) is 4.79 Å². The van der Waals surface area contributed by atoms with Crippen molar-refractivity contribution in [2.75, 3.05) is 18.4 Å². The van der Waals surface area contributed by atoms with E-state index in [4.69, 9.17) is 0 Å². The fourth-order valence-corrected chi connectivity index (χ4v) is 2.65. The number of nitrogens with one attached hydrogen (secondary N) is 1. The quantitative estimate of drug-likeness (QED) is 0.926. The Morgan fingerprint density at radius 1 is 1.26 bits per heavy atom. The Bertz CT molecular complexity index is 565. The summed E-state index contributed by atoms with van der Waals surface area (Å²) in [6, 6.07) is 1.75. The van der Waals surface area contributed by atoms with Gasteiger partial charge in [-0.15, -0.1) is 11.3 Å². The third kappa shape index (κ3) is 2.70. The van der Waals surface area contributed by atoms with Gasteiger partial charge in [-0.2, -0.15) is 0 Å². The van der Waals surface area contributed by atoms with Crippen LogP contribution in [0.25, 0.3) is 0 Å². The van der Waals surface area contributed by atoms with Gasteiger partial charge in [-0.25, -0.2) is 15.0 Å². The van der Waals surface area contributed by atoms with Gasteiger partial charge in [0.1, 0.15) is 5.69 Å². The summed E-state index contributed by atoms with van der Waals surface area (Å²) in [5, 5.41) is 5.39. The van der Waals surface area contributed by atoms with Crippen molar-refractivity contribution in [3.8, 4) is 0 Å². The number of carbonyl (C=O) groups excluding carboxylic acids is 1. The van der Waals surface area contributed by atoms with E-state index in [1.807, 2.05) is 4.90 Å². The summed E-state index contributed by atoms with van der Waals surface area (Å²) in [5.41, 5.74) is 0.491. The molecule has 0 spiro atoms. The van der Waals surface area contributed by atoms with E-state index < -0.39 is 0 Å². The number of aromatic nitrogens is 3. The fourth-order valence-electron chi connectivity index (χ4n) is 1.97. The highest BCUT2D eigenvalue weighted by Crippen LogP contribution is 2.20. The molecule has 0 aromatic carbocycles. The number of rotatable bonds is 3. The average Bonchev–Trinajstić information content (AvgIpc) is 3.10. The molecule has 1 amide bonds. The zero-order valence-corrected chi connectivity index (χ0v) is 11.1. The first kappa shape index (κ1) is 12.0. The molecule has 6 nitrogen and oxygen atoms in total. The lowest BCUT2D eigenvalue weighted by atomic mass is 10.4. The Kier molecular flexibility index (Phi) is 3.37. The number of carbonyl (C=O) groups is 1. The summed E-state index contributed by atoms with van der Waals surface area (Å²) in [4.78, 5) is 26.4. The van der Waals surface area contributed by atoms with E-state index in [1.165, 1.54) is 11.3 Å². The van der Waals surface area contributed by atoms with Gasteiger partial charge >= 0.3 is 0 Å². The maximum atomic E-state index is 12.1. The van der Waals surface area contributed by atoms with E-state index in [0.29, 0.717) is 16.8 Å². The van der Waals surface area contributed by atoms with Crippen molar-refractivity contribution in [2.24, 2.45) is 0 Å². The molecule has 0 aliphatic carbocycles. The van der Waals surface area contributed by atoms with Crippen LogP contribution in [0.15, 0.2) is 23.8 Å². The van der Waals surface area contributed by atoms with Gasteiger partial charge in [0.2, 0.25) is 5.95 Å². The van der Waals surface area contributed by atoms with E-state index in [0.717, 1.165) is 25.9 Å². The van der Waals surface area contributed by atoms with Gasteiger partial charge in [0.05, 0.1) is 0 Å². The minimum Gasteiger partial charge on any atom is -0.337 e. The normalized spacial score (nSPS) is 14.6. The Labute approximate surface area is 114 Å². The van der Waals surface area contributed by atoms with Crippen LogP contribution in [-0.2, 0) is 0 Å². The van der Waals surface area contributed by atoms with Crippen LogP contribution in [0.4, 0.5) is 11.1 Å². The number of nitrogens with zero attached hydrogens (tertiary/aromatic N) is 4. The molecule has 3 heterocycles. The monoisotopic (exact) mass is 275 g/mol. The highest BCUT2D eigenvalue weighted by Gasteiger charge is 2.21. The second-order valence-corrected chi connectivity index (χ2v) is 5.09. The van der Waals surface area contributed by atoms with Crippen LogP contribution < -0.4 is 5.32 Å². The lowest BCUT2D eigenvalue weighted by molar-refractivity contribution is 0.0788. The van der Waals surface area contributed by atoms with Crippen LogP contribution >= 0.6 is 11.3 Å². The number of thiazole rings is 1. The highest BCUT2D eigenvalue weighted by atomic mass is 32.1. The average molecular weight is 275 g/mol. The molecule has 0 unspecified atom stereocenters. The van der Waals surface area contributed by atoms with Crippen LogP contribution in [0, 0.1) is 0 Å². The van der Waals surface area contributed by atoms with Gasteiger partial charge in [-0.05, 0) is 18.9 Å². The Morgan fingerprint density at radius 2 is 2.00 bits per heavy atom. The summed E-state index contributed by atoms with van der Waals surface area (Å²) >= 11 is 1.38. The van der Waals surface area contributed by atoms with E-state index >= 15 is 0 Å². The number of hydrogen-bond donors (Lipinski definition) is 1. The molecule has 0 bridgehead atoms. The lowest BCUT2D eigenvalue weighted by Crippen LogP contribution is -2.27. The maximum absolute atomic E-state index is 12.1. The number of anilines is 2. The second-order valence-electron chi connectivity index (χ2n) is 4.23. The third-order valence-electron chi connectivity index (χ3n) is 2.90. The summed E-state index contributed by atoms with van der Waals surface area (Å²) in [6.07, 6.45) is 5.47. The molecule has 1 fully saturated rings. The Hall–Kier alpha value is -2.02. The van der Waals surface area contributed by atoms with Gasteiger partial charge in [0, 0.05) is 30.9 Å². The summed E-state index contributed by atoms with van der Waals surface area (Å²) < 4.78 is 0. The molecular weight excluding hydrogens is 262 g/mol. The van der Waals surface area contributed by atoms with Crippen molar-refractivity contribution in [3.05, 3.63) is 29.5 Å². The van der Waals surface area contributed by atoms with Gasteiger partial charge in [0.25, 0.3) is 5.91 Å². The predicted molar refractivity (Wildman–Crippen MR) is 72.6 cm³/mol. The standard InChI is InChI=1S/C12H13N5OS/c18-10(17-6-1-2-7-17)9-8-19-12(15-9)16-11-13-4-3-5-14-11/h3-5,8H,1-2,6-7H2,(H,13,14,15,16). The van der Waals surface area contributed by atoms with Crippen molar-refractivity contribution in [1.29, 1.82) is 0 Å². The maximum Gasteiger partial charge on any atom is 0.273 e. The first-order valence-corrected chi connectivity index (χ1v) is 7.00. The number of likely N-dealkylation sites (tertiary alicyclic amines) is 1. The summed E-state index contributed by atoms with van der Waals surface area (Å²) in [5.74, 6) is 0.493. The zero-order valence-electron chi connectivity index (χ0n) is 10.2. The molecule has 1 aliphatic rings. The Morgan fingerprint density at radius 3 is 2.74 bits per heavy atom. The fraction of sp³-hybridized carbons (Fsp3) is 0.333. The first-order chi connectivity index (χ1) is 9.33. The molecule has 1 aliphatic heterocycles. The molecule has 98 valence electrons. The van der Waals surface area contributed by atoms with Crippen LogP contribution in [-0.4, -0.2) is 38.8 Å². The van der Waals surface area contributed by atoms with E-state index in [-0.39, 0.29) is 5.91 Å². The predicted octanol–water partition coefficient (Wildman–Crippen LogP) is 1.91. The molecule has 2 aromatic rings. The van der Waals surface area contributed by atoms with Gasteiger partial charge in [-0.1, -0.05) is 0 Å². The second kappa shape index (κ2) is 5.31. The molecule has 2 aromatic heterocycles. The van der Waals surface area contributed by atoms with Crippen LogP contribution in [0.3, 0.4) is 0 Å². The molecule has 19 heavy (non-hydrogen) atoms. The molecule has 1 N–H and O–H groups in total. The van der Waals surface area contributed by atoms with Gasteiger partial charge in [-0.3, -0.25) is 4.79 Å². The largest absolute Gasteiger partial charge is 0.337 e. The van der Waals surface area contributed by atoms with Gasteiger partial charge in [0.15, 0.2) is 5.13 Å².